The average Bonchev–Trinajstić information content (AvgIpc) is 2.74. The van der Waals surface area contributed by atoms with Gasteiger partial charge >= 0.3 is 0 Å². The Labute approximate surface area is 183 Å². The molecule has 1 N–H and O–H groups in total. The van der Waals surface area contributed by atoms with Crippen LogP contribution in [0.3, 0.4) is 0 Å². The largest absolute Gasteiger partial charge is 0.491 e. The number of benzene rings is 2. The fourth-order valence-electron chi connectivity index (χ4n) is 3.21. The average molecular weight is 449 g/mol. The summed E-state index contributed by atoms with van der Waals surface area (Å²) in [5.74, 6) is 1.75. The summed E-state index contributed by atoms with van der Waals surface area (Å²) in [6, 6.07) is 12.7. The number of nitrogens with zero attached hydrogens (tertiary/aromatic N) is 1. The van der Waals surface area contributed by atoms with Crippen LogP contribution in [0.25, 0.3) is 0 Å². The quantitative estimate of drug-likeness (QED) is 0.562. The molecular formula is C22H28N2O6S. The summed E-state index contributed by atoms with van der Waals surface area (Å²) in [7, 11) is -3.51. The Balaban J connectivity index is 1.46. The third kappa shape index (κ3) is 6.52. The van der Waals surface area contributed by atoms with Crippen molar-refractivity contribution in [2.75, 3.05) is 43.5 Å². The zero-order valence-electron chi connectivity index (χ0n) is 17.8. The number of para-hydroxylation sites is 1. The Morgan fingerprint density at radius 1 is 1.13 bits per heavy atom. The van der Waals surface area contributed by atoms with Crippen molar-refractivity contribution in [1.29, 1.82) is 0 Å². The second-order valence-corrected chi connectivity index (χ2v) is 9.14. The zero-order valence-corrected chi connectivity index (χ0v) is 18.6. The topological polar surface area (TPSA) is 94.2 Å². The molecule has 0 fully saturated rings. The van der Waals surface area contributed by atoms with E-state index in [1.807, 2.05) is 31.2 Å². The van der Waals surface area contributed by atoms with Crippen LogP contribution in [0, 0.1) is 6.92 Å². The van der Waals surface area contributed by atoms with Crippen molar-refractivity contribution in [3.8, 4) is 17.2 Å². The van der Waals surface area contributed by atoms with Gasteiger partial charge in [-0.1, -0.05) is 18.2 Å². The first-order valence-electron chi connectivity index (χ1n) is 10.2. The van der Waals surface area contributed by atoms with Crippen LogP contribution >= 0.6 is 0 Å². The Bertz CT molecular complexity index is 1010. The van der Waals surface area contributed by atoms with Crippen LogP contribution in [-0.4, -0.2) is 53.5 Å². The van der Waals surface area contributed by atoms with Gasteiger partial charge in [-0.15, -0.1) is 0 Å². The molecule has 168 valence electrons. The minimum atomic E-state index is -3.51. The van der Waals surface area contributed by atoms with Crippen LogP contribution in [0.1, 0.15) is 18.4 Å². The van der Waals surface area contributed by atoms with Gasteiger partial charge in [-0.25, -0.2) is 8.42 Å². The minimum absolute atomic E-state index is 0.149. The van der Waals surface area contributed by atoms with Crippen molar-refractivity contribution in [2.45, 2.75) is 19.8 Å². The summed E-state index contributed by atoms with van der Waals surface area (Å²) >= 11 is 0. The molecule has 0 radical (unpaired) electrons. The highest BCUT2D eigenvalue weighted by molar-refractivity contribution is 7.92. The summed E-state index contributed by atoms with van der Waals surface area (Å²) in [4.78, 5) is 12.1. The molecule has 0 saturated heterocycles. The predicted molar refractivity (Wildman–Crippen MR) is 119 cm³/mol. The molecule has 1 amide bonds. The lowest BCUT2D eigenvalue weighted by Crippen LogP contribution is -2.33. The van der Waals surface area contributed by atoms with E-state index < -0.39 is 10.0 Å². The predicted octanol–water partition coefficient (Wildman–Crippen LogP) is 2.51. The molecule has 0 saturated carbocycles. The Morgan fingerprint density at radius 3 is 2.61 bits per heavy atom. The van der Waals surface area contributed by atoms with Gasteiger partial charge in [0.15, 0.2) is 11.5 Å². The molecule has 1 aliphatic rings. The van der Waals surface area contributed by atoms with Crippen LogP contribution in [-0.2, 0) is 14.8 Å². The lowest BCUT2D eigenvalue weighted by atomic mass is 10.2. The molecule has 0 spiro atoms. The van der Waals surface area contributed by atoms with Crippen molar-refractivity contribution in [3.05, 3.63) is 48.0 Å². The summed E-state index contributed by atoms with van der Waals surface area (Å²) in [5, 5.41) is 2.80. The molecule has 0 unspecified atom stereocenters. The SMILES string of the molecule is Cc1ccccc1OCCNC(=O)CCCN(c1ccc2c(c1)OCCO2)S(C)(=O)=O. The number of sulfonamides is 1. The summed E-state index contributed by atoms with van der Waals surface area (Å²) in [5.41, 5.74) is 1.52. The monoisotopic (exact) mass is 448 g/mol. The van der Waals surface area contributed by atoms with Gasteiger partial charge < -0.3 is 19.5 Å². The van der Waals surface area contributed by atoms with E-state index in [9.17, 15) is 13.2 Å². The van der Waals surface area contributed by atoms with Gasteiger partial charge in [0, 0.05) is 19.0 Å². The molecule has 1 heterocycles. The van der Waals surface area contributed by atoms with Gasteiger partial charge in [0.25, 0.3) is 0 Å². The van der Waals surface area contributed by atoms with Gasteiger partial charge in [0.2, 0.25) is 15.9 Å². The van der Waals surface area contributed by atoms with Crippen molar-refractivity contribution in [3.63, 3.8) is 0 Å². The maximum absolute atomic E-state index is 12.3. The van der Waals surface area contributed by atoms with Gasteiger partial charge in [0.1, 0.15) is 25.6 Å². The standard InChI is InChI=1S/C22H28N2O6S/c1-17-6-3-4-7-19(17)28-13-11-23-22(25)8-5-12-24(31(2,26)27)18-9-10-20-21(16-18)30-15-14-29-20/h3-4,6-7,9-10,16H,5,8,11-15H2,1-2H3,(H,23,25). The van der Waals surface area contributed by atoms with Gasteiger partial charge in [0.05, 0.1) is 18.5 Å². The zero-order chi connectivity index (χ0) is 22.3. The molecule has 0 aromatic heterocycles. The van der Waals surface area contributed by atoms with E-state index in [0.29, 0.717) is 50.0 Å². The van der Waals surface area contributed by atoms with E-state index in [1.165, 1.54) is 4.31 Å². The second kappa shape index (κ2) is 10.4. The molecule has 0 bridgehead atoms. The first kappa shape index (κ1) is 22.7. The first-order valence-corrected chi connectivity index (χ1v) is 12.0. The van der Waals surface area contributed by atoms with Crippen molar-refractivity contribution in [1.82, 2.24) is 5.32 Å². The number of anilines is 1. The third-order valence-corrected chi connectivity index (χ3v) is 5.95. The lowest BCUT2D eigenvalue weighted by molar-refractivity contribution is -0.121. The van der Waals surface area contributed by atoms with Crippen molar-refractivity contribution < 1.29 is 27.4 Å². The van der Waals surface area contributed by atoms with E-state index in [4.69, 9.17) is 14.2 Å². The number of hydrogen-bond acceptors (Lipinski definition) is 6. The molecule has 0 aliphatic carbocycles. The van der Waals surface area contributed by atoms with Gasteiger partial charge in [-0.3, -0.25) is 9.10 Å². The number of amides is 1. The number of ether oxygens (including phenoxy) is 3. The number of carbonyl (C=O) groups excluding carboxylic acids is 1. The summed E-state index contributed by atoms with van der Waals surface area (Å²) < 4.78 is 42.5. The van der Waals surface area contributed by atoms with E-state index >= 15 is 0 Å². The molecule has 3 rings (SSSR count). The van der Waals surface area contributed by atoms with E-state index in [0.717, 1.165) is 17.6 Å². The number of aryl methyl sites for hydroxylation is 1. The number of rotatable bonds is 10. The lowest BCUT2D eigenvalue weighted by Gasteiger charge is -2.25. The van der Waals surface area contributed by atoms with Crippen molar-refractivity contribution >= 4 is 21.6 Å². The molecule has 2 aromatic carbocycles. The van der Waals surface area contributed by atoms with Crippen LogP contribution in [0.2, 0.25) is 0 Å². The number of carbonyl (C=O) groups is 1. The normalized spacial score (nSPS) is 12.8. The maximum Gasteiger partial charge on any atom is 0.232 e. The molecule has 31 heavy (non-hydrogen) atoms. The third-order valence-electron chi connectivity index (χ3n) is 4.75. The molecular weight excluding hydrogens is 420 g/mol. The van der Waals surface area contributed by atoms with Crippen molar-refractivity contribution in [2.24, 2.45) is 0 Å². The number of fused-ring (bicyclic) bond motifs is 1. The Kier molecular flexibility index (Phi) is 7.62. The van der Waals surface area contributed by atoms with Crippen LogP contribution in [0.4, 0.5) is 5.69 Å². The molecule has 8 nitrogen and oxygen atoms in total. The van der Waals surface area contributed by atoms with E-state index in [2.05, 4.69) is 5.32 Å². The molecule has 2 aromatic rings. The summed E-state index contributed by atoms with van der Waals surface area (Å²) in [6.45, 7) is 3.78. The Morgan fingerprint density at radius 2 is 1.87 bits per heavy atom. The molecule has 0 atom stereocenters. The fraction of sp³-hybridized carbons (Fsp3) is 0.409. The van der Waals surface area contributed by atoms with Crippen LogP contribution in [0.15, 0.2) is 42.5 Å². The highest BCUT2D eigenvalue weighted by atomic mass is 32.2. The number of hydrogen-bond donors (Lipinski definition) is 1. The number of nitrogens with one attached hydrogen (secondary N) is 1. The van der Waals surface area contributed by atoms with Gasteiger partial charge in [-0.2, -0.15) is 0 Å². The molecule has 9 heteroatoms. The smallest absolute Gasteiger partial charge is 0.232 e. The van der Waals surface area contributed by atoms with Crippen LogP contribution in [0.5, 0.6) is 17.2 Å². The summed E-state index contributed by atoms with van der Waals surface area (Å²) in [6.07, 6.45) is 1.74. The second-order valence-electron chi connectivity index (χ2n) is 7.23. The van der Waals surface area contributed by atoms with Gasteiger partial charge in [-0.05, 0) is 37.1 Å². The maximum atomic E-state index is 12.3. The highest BCUT2D eigenvalue weighted by Gasteiger charge is 2.21. The van der Waals surface area contributed by atoms with E-state index in [1.54, 1.807) is 18.2 Å². The molecule has 1 aliphatic heterocycles. The Hall–Kier alpha value is -2.94. The van der Waals surface area contributed by atoms with E-state index in [-0.39, 0.29) is 18.9 Å². The highest BCUT2D eigenvalue weighted by Crippen LogP contribution is 2.34. The fourth-order valence-corrected chi connectivity index (χ4v) is 4.17. The van der Waals surface area contributed by atoms with Crippen LogP contribution < -0.4 is 23.8 Å². The first-order chi connectivity index (χ1) is 14.8. The minimum Gasteiger partial charge on any atom is -0.491 e.